The summed E-state index contributed by atoms with van der Waals surface area (Å²) in [4.78, 5) is 29.8. The SMILES string of the molecule is COc1ccc([Si](C)(C)[C@H]2[C@H](CCO)O[C@@]3(C(=O)N(Cc4cccc(-n5[nH]c6ccccc6c5=O)c4)c4ccccc43)[C@@H]2C)cc1. The molecule has 0 bridgehead atoms. The van der Waals surface area contributed by atoms with Crippen molar-refractivity contribution in [1.82, 2.24) is 9.78 Å². The molecule has 4 aromatic carbocycles. The number of rotatable bonds is 8. The highest BCUT2D eigenvalue weighted by Crippen LogP contribution is 2.60. The Balaban J connectivity index is 1.26. The van der Waals surface area contributed by atoms with Crippen LogP contribution >= 0.6 is 0 Å². The largest absolute Gasteiger partial charge is 0.497 e. The van der Waals surface area contributed by atoms with Crippen LogP contribution in [0.15, 0.2) is 102 Å². The fourth-order valence-electron chi connectivity index (χ4n) is 8.04. The molecule has 2 aliphatic heterocycles. The summed E-state index contributed by atoms with van der Waals surface area (Å²) in [6.07, 6.45) is 0.179. The highest BCUT2D eigenvalue weighted by atomic mass is 28.3. The number of nitrogens with one attached hydrogen (secondary N) is 1. The number of aliphatic hydroxyl groups excluding tert-OH is 1. The molecule has 4 atom stereocenters. The Kier molecular flexibility index (Phi) is 7.50. The molecule has 0 radical (unpaired) electrons. The molecule has 1 saturated heterocycles. The number of carbonyl (C=O) groups is 1. The average Bonchev–Trinajstić information content (AvgIpc) is 3.65. The molecule has 0 saturated carbocycles. The summed E-state index contributed by atoms with van der Waals surface area (Å²) in [5.74, 6) is 0.587. The van der Waals surface area contributed by atoms with Crippen molar-refractivity contribution in [3.8, 4) is 11.4 Å². The van der Waals surface area contributed by atoms with E-state index in [1.807, 2.05) is 89.8 Å². The molecule has 7 rings (SSSR count). The summed E-state index contributed by atoms with van der Waals surface area (Å²) in [6.45, 7) is 7.13. The summed E-state index contributed by atoms with van der Waals surface area (Å²) >= 11 is 0. The van der Waals surface area contributed by atoms with E-state index in [0.29, 0.717) is 24.0 Å². The number of benzene rings is 4. The van der Waals surface area contributed by atoms with Crippen molar-refractivity contribution in [3.63, 3.8) is 0 Å². The van der Waals surface area contributed by atoms with E-state index in [4.69, 9.17) is 9.47 Å². The third-order valence-electron chi connectivity index (χ3n) is 10.3. The zero-order valence-electron chi connectivity index (χ0n) is 26.6. The topological polar surface area (TPSA) is 96.8 Å². The lowest BCUT2D eigenvalue weighted by molar-refractivity contribution is -0.146. The molecule has 0 unspecified atom stereocenters. The Bertz CT molecular complexity index is 1980. The van der Waals surface area contributed by atoms with Crippen LogP contribution in [0.4, 0.5) is 5.69 Å². The van der Waals surface area contributed by atoms with Gasteiger partial charge in [0.2, 0.25) is 0 Å². The van der Waals surface area contributed by atoms with Gasteiger partial charge in [-0.2, -0.15) is 0 Å². The van der Waals surface area contributed by atoms with Crippen molar-refractivity contribution in [2.24, 2.45) is 5.92 Å². The van der Waals surface area contributed by atoms with E-state index < -0.39 is 13.7 Å². The monoisotopic (exact) mass is 633 g/mol. The highest BCUT2D eigenvalue weighted by Gasteiger charge is 2.66. The molecule has 2 N–H and O–H groups in total. The minimum Gasteiger partial charge on any atom is -0.497 e. The van der Waals surface area contributed by atoms with Gasteiger partial charge < -0.3 is 19.5 Å². The van der Waals surface area contributed by atoms with E-state index in [1.165, 1.54) is 5.19 Å². The molecule has 3 heterocycles. The summed E-state index contributed by atoms with van der Waals surface area (Å²) in [7, 11) is -0.584. The van der Waals surface area contributed by atoms with Gasteiger partial charge in [0.15, 0.2) is 5.60 Å². The van der Waals surface area contributed by atoms with E-state index in [-0.39, 0.29) is 35.6 Å². The van der Waals surface area contributed by atoms with Gasteiger partial charge in [0.25, 0.3) is 11.5 Å². The number of amides is 1. The van der Waals surface area contributed by atoms with Gasteiger partial charge in [-0.3, -0.25) is 14.7 Å². The molecular formula is C37H39N3O5Si. The second-order valence-electron chi connectivity index (χ2n) is 13.0. The first kappa shape index (κ1) is 30.2. The standard InChI is InChI=1S/C37H39N3O5Si/c1-24-34(46(3,4)28-18-16-27(44-2)17-19-28)33(20-21-41)45-37(24)30-13-6-8-15-32(30)39(36(37)43)23-25-10-9-11-26(22-25)40-35(42)29-12-5-7-14-31(29)38-40/h5-19,22,24,33-34,38,41H,20-21,23H2,1-4H3/t24-,33+,34-,37+/m1/s1. The smallest absolute Gasteiger partial charge is 0.279 e. The molecule has 0 aliphatic carbocycles. The first-order valence-electron chi connectivity index (χ1n) is 15.8. The van der Waals surface area contributed by atoms with Gasteiger partial charge in [-0.05, 0) is 60.0 Å². The first-order valence-corrected chi connectivity index (χ1v) is 18.9. The Morgan fingerprint density at radius 2 is 1.70 bits per heavy atom. The Morgan fingerprint density at radius 3 is 2.43 bits per heavy atom. The van der Waals surface area contributed by atoms with Gasteiger partial charge in [0.05, 0.1) is 50.1 Å². The molecule has 46 heavy (non-hydrogen) atoms. The van der Waals surface area contributed by atoms with Gasteiger partial charge in [0.1, 0.15) is 5.75 Å². The van der Waals surface area contributed by atoms with Crippen LogP contribution in [0.1, 0.15) is 24.5 Å². The molecule has 1 fully saturated rings. The van der Waals surface area contributed by atoms with Crippen molar-refractivity contribution >= 4 is 35.8 Å². The first-order chi connectivity index (χ1) is 22.2. The van der Waals surface area contributed by atoms with Crippen molar-refractivity contribution in [2.45, 2.75) is 50.2 Å². The van der Waals surface area contributed by atoms with Crippen LogP contribution in [0.25, 0.3) is 16.6 Å². The molecule has 8 nitrogen and oxygen atoms in total. The number of anilines is 1. The molecule has 2 aliphatic rings. The maximum atomic E-state index is 14.8. The number of hydrogen-bond donors (Lipinski definition) is 2. The van der Waals surface area contributed by atoms with Crippen molar-refractivity contribution in [2.75, 3.05) is 18.6 Å². The number of aromatic nitrogens is 2. The number of ether oxygens (including phenoxy) is 2. The number of methoxy groups -OCH3 is 1. The van der Waals surface area contributed by atoms with Crippen molar-refractivity contribution < 1.29 is 19.4 Å². The predicted octanol–water partition coefficient (Wildman–Crippen LogP) is 5.47. The van der Waals surface area contributed by atoms with E-state index in [2.05, 4.69) is 37.2 Å². The number of nitrogens with zero attached hydrogens (tertiary/aromatic N) is 2. The van der Waals surface area contributed by atoms with Crippen LogP contribution in [0.3, 0.4) is 0 Å². The lowest BCUT2D eigenvalue weighted by Crippen LogP contribution is -2.51. The number of hydrogen-bond acceptors (Lipinski definition) is 5. The van der Waals surface area contributed by atoms with Gasteiger partial charge in [0, 0.05) is 18.1 Å². The maximum Gasteiger partial charge on any atom is 0.279 e. The van der Waals surface area contributed by atoms with Crippen LogP contribution in [0.5, 0.6) is 5.75 Å². The fraction of sp³-hybridized carbons (Fsp3) is 0.297. The summed E-state index contributed by atoms with van der Waals surface area (Å²) in [5.41, 5.74) is 2.86. The maximum absolute atomic E-state index is 14.8. The fourth-order valence-corrected chi connectivity index (χ4v) is 12.1. The molecule has 1 amide bonds. The minimum atomic E-state index is -2.25. The van der Waals surface area contributed by atoms with Crippen molar-refractivity contribution in [3.05, 3.63) is 119 Å². The Morgan fingerprint density at radius 1 is 0.957 bits per heavy atom. The lowest BCUT2D eigenvalue weighted by Gasteiger charge is -2.37. The van der Waals surface area contributed by atoms with E-state index >= 15 is 0 Å². The summed E-state index contributed by atoms with van der Waals surface area (Å²) in [5, 5.41) is 15.2. The molecule has 1 aromatic heterocycles. The van der Waals surface area contributed by atoms with Crippen LogP contribution in [0.2, 0.25) is 18.6 Å². The number of fused-ring (bicyclic) bond motifs is 3. The normalized spacial score (nSPS) is 22.6. The third-order valence-corrected chi connectivity index (χ3v) is 14.6. The molecule has 9 heteroatoms. The van der Waals surface area contributed by atoms with Gasteiger partial charge in [-0.25, -0.2) is 4.68 Å². The number of carbonyl (C=O) groups excluding carboxylic acids is 1. The highest BCUT2D eigenvalue weighted by molar-refractivity contribution is 6.91. The number of aliphatic hydroxyl groups is 1. The van der Waals surface area contributed by atoms with Crippen molar-refractivity contribution in [1.29, 1.82) is 0 Å². The van der Waals surface area contributed by atoms with Crippen LogP contribution < -0.4 is 20.4 Å². The van der Waals surface area contributed by atoms with E-state index in [0.717, 1.165) is 28.1 Å². The number of para-hydroxylation sites is 2. The minimum absolute atomic E-state index is 0.0173. The Hall–Kier alpha value is -4.44. The average molecular weight is 634 g/mol. The van der Waals surface area contributed by atoms with Crippen LogP contribution in [-0.4, -0.2) is 48.7 Å². The van der Waals surface area contributed by atoms with E-state index in [9.17, 15) is 14.7 Å². The van der Waals surface area contributed by atoms with Gasteiger partial charge in [-0.1, -0.05) is 79.8 Å². The van der Waals surface area contributed by atoms with Gasteiger partial charge >= 0.3 is 0 Å². The lowest BCUT2D eigenvalue weighted by atomic mass is 9.82. The third kappa shape index (κ3) is 4.56. The summed E-state index contributed by atoms with van der Waals surface area (Å²) < 4.78 is 14.0. The Labute approximate surface area is 269 Å². The molecule has 236 valence electrons. The molecule has 5 aromatic rings. The van der Waals surface area contributed by atoms with E-state index in [1.54, 1.807) is 11.8 Å². The number of H-pyrrole nitrogens is 1. The van der Waals surface area contributed by atoms with Gasteiger partial charge in [-0.15, -0.1) is 0 Å². The second-order valence-corrected chi connectivity index (χ2v) is 17.7. The van der Waals surface area contributed by atoms with Crippen LogP contribution in [-0.2, 0) is 21.7 Å². The zero-order chi connectivity index (χ0) is 32.2. The number of aromatic amines is 1. The quantitative estimate of drug-likeness (QED) is 0.221. The molecule has 1 spiro atoms. The molecular weight excluding hydrogens is 595 g/mol. The second kappa shape index (κ2) is 11.4. The zero-order valence-corrected chi connectivity index (χ0v) is 27.6. The van der Waals surface area contributed by atoms with Crippen LogP contribution in [0, 0.1) is 5.92 Å². The summed E-state index contributed by atoms with van der Waals surface area (Å²) in [6, 6.07) is 31.4. The predicted molar refractivity (Wildman–Crippen MR) is 183 cm³/mol.